The van der Waals surface area contributed by atoms with Crippen LogP contribution in [0.4, 0.5) is 0 Å². The van der Waals surface area contributed by atoms with Crippen LogP contribution in [-0.2, 0) is 0 Å². The van der Waals surface area contributed by atoms with E-state index >= 15 is 0 Å². The quantitative estimate of drug-likeness (QED) is 0.268. The predicted octanol–water partition coefficient (Wildman–Crippen LogP) is 3.76. The molecule has 0 aliphatic rings. The summed E-state index contributed by atoms with van der Waals surface area (Å²) in [5.74, 6) is -0.751. The second kappa shape index (κ2) is 7.91. The maximum Gasteiger partial charge on any atom is 0.349 e. The molecule has 0 aliphatic heterocycles. The van der Waals surface area contributed by atoms with E-state index < -0.39 is 17.5 Å². The maximum absolute atomic E-state index is 12.3. The molecule has 1 aromatic heterocycles. The summed E-state index contributed by atoms with van der Waals surface area (Å²) in [5, 5.41) is 3.21. The van der Waals surface area contributed by atoms with Crippen LogP contribution in [0, 0.1) is 3.57 Å². The van der Waals surface area contributed by atoms with Crippen molar-refractivity contribution in [2.24, 2.45) is 0 Å². The number of halogens is 1. The van der Waals surface area contributed by atoms with Crippen molar-refractivity contribution in [3.05, 3.63) is 73.6 Å². The molecule has 3 aromatic rings. The van der Waals surface area contributed by atoms with E-state index in [0.29, 0.717) is 10.9 Å². The van der Waals surface area contributed by atoms with E-state index in [2.05, 4.69) is 27.9 Å². The Labute approximate surface area is 168 Å². The molecule has 1 N–H and O–H groups in total. The van der Waals surface area contributed by atoms with Crippen LogP contribution in [0.25, 0.3) is 11.0 Å². The first-order valence-corrected chi connectivity index (χ1v) is 9.28. The molecular weight excluding hydrogens is 461 g/mol. The zero-order valence-corrected chi connectivity index (χ0v) is 16.8. The van der Waals surface area contributed by atoms with Gasteiger partial charge in [0.2, 0.25) is 0 Å². The van der Waals surface area contributed by atoms with Crippen molar-refractivity contribution in [2.75, 3.05) is 0 Å². The van der Waals surface area contributed by atoms with Crippen LogP contribution in [0.15, 0.2) is 57.7 Å². The Morgan fingerprint density at radius 2 is 1.81 bits per heavy atom. The first-order valence-electron chi connectivity index (χ1n) is 8.20. The summed E-state index contributed by atoms with van der Waals surface area (Å²) in [4.78, 5) is 36.5. The molecule has 2 aromatic carbocycles. The molecule has 0 fully saturated rings. The molecule has 6 nitrogen and oxygen atoms in total. The maximum atomic E-state index is 12.3. The molecule has 27 heavy (non-hydrogen) atoms. The zero-order valence-electron chi connectivity index (χ0n) is 14.6. The van der Waals surface area contributed by atoms with E-state index in [1.54, 1.807) is 44.2 Å². The van der Waals surface area contributed by atoms with Gasteiger partial charge in [-0.3, -0.25) is 4.79 Å². The third-order valence-corrected chi connectivity index (χ3v) is 4.62. The number of hydrogen-bond donors (Lipinski definition) is 1. The van der Waals surface area contributed by atoms with Crippen molar-refractivity contribution in [1.29, 1.82) is 0 Å². The van der Waals surface area contributed by atoms with Gasteiger partial charge in [0.1, 0.15) is 16.9 Å². The molecular formula is C20H16INO5. The van der Waals surface area contributed by atoms with E-state index in [9.17, 15) is 14.4 Å². The summed E-state index contributed by atoms with van der Waals surface area (Å²) in [6.45, 7) is 3.60. The Morgan fingerprint density at radius 3 is 2.52 bits per heavy atom. The van der Waals surface area contributed by atoms with Crippen molar-refractivity contribution in [2.45, 2.75) is 19.9 Å². The molecule has 3 rings (SSSR count). The average Bonchev–Trinajstić information content (AvgIpc) is 2.60. The van der Waals surface area contributed by atoms with Gasteiger partial charge in [0.15, 0.2) is 0 Å². The van der Waals surface area contributed by atoms with Crippen LogP contribution < -0.4 is 15.7 Å². The average molecular weight is 477 g/mol. The topological polar surface area (TPSA) is 85.6 Å². The van der Waals surface area contributed by atoms with Crippen molar-refractivity contribution in [3.63, 3.8) is 0 Å². The van der Waals surface area contributed by atoms with Gasteiger partial charge >= 0.3 is 11.6 Å². The third-order valence-electron chi connectivity index (χ3n) is 3.68. The fourth-order valence-electron chi connectivity index (χ4n) is 2.44. The van der Waals surface area contributed by atoms with Gasteiger partial charge in [-0.15, -0.1) is 0 Å². The summed E-state index contributed by atoms with van der Waals surface area (Å²) >= 11 is 2.06. The Hall–Kier alpha value is -2.68. The van der Waals surface area contributed by atoms with E-state index in [1.807, 2.05) is 6.07 Å². The van der Waals surface area contributed by atoms with Gasteiger partial charge in [-0.25, -0.2) is 9.59 Å². The van der Waals surface area contributed by atoms with Gasteiger partial charge in [0, 0.05) is 21.1 Å². The summed E-state index contributed by atoms with van der Waals surface area (Å²) in [5.41, 5.74) is -0.143. The molecule has 0 saturated heterocycles. The fraction of sp³-hybridized carbons (Fsp3) is 0.150. The van der Waals surface area contributed by atoms with Crippen LogP contribution in [0.2, 0.25) is 0 Å². The first-order chi connectivity index (χ1) is 12.8. The van der Waals surface area contributed by atoms with Gasteiger partial charge in [0.05, 0.1) is 5.56 Å². The Morgan fingerprint density at radius 1 is 1.07 bits per heavy atom. The molecule has 138 valence electrons. The number of ether oxygens (including phenoxy) is 1. The number of rotatable bonds is 4. The molecule has 0 radical (unpaired) electrons. The second-order valence-electron chi connectivity index (χ2n) is 6.14. The van der Waals surface area contributed by atoms with Crippen LogP contribution in [0.5, 0.6) is 5.75 Å². The van der Waals surface area contributed by atoms with Crippen LogP contribution in [-0.4, -0.2) is 17.9 Å². The number of carbonyl (C=O) groups is 2. The highest BCUT2D eigenvalue weighted by molar-refractivity contribution is 14.1. The zero-order chi connectivity index (χ0) is 19.6. The summed E-state index contributed by atoms with van der Waals surface area (Å²) < 4.78 is 11.4. The smallest absolute Gasteiger partial charge is 0.349 e. The van der Waals surface area contributed by atoms with Crippen molar-refractivity contribution < 1.29 is 18.7 Å². The lowest BCUT2D eigenvalue weighted by atomic mass is 10.1. The largest absolute Gasteiger partial charge is 0.423 e. The fourth-order valence-corrected chi connectivity index (χ4v) is 3.05. The Balaban J connectivity index is 1.90. The molecule has 0 atom stereocenters. The monoisotopic (exact) mass is 477 g/mol. The number of esters is 1. The minimum atomic E-state index is -0.748. The normalized spacial score (nSPS) is 10.8. The highest BCUT2D eigenvalue weighted by Gasteiger charge is 2.16. The molecule has 1 heterocycles. The standard InChI is InChI=1S/C20H16INO5/c1-11(2)22-18(23)15-9-12-7-8-13(10-17(12)27-20(15)25)26-19(24)14-5-3-4-6-16(14)21/h3-11H,1-2H3,(H,22,23). The number of carbonyl (C=O) groups excluding carboxylic acids is 2. The van der Waals surface area contributed by atoms with E-state index in [-0.39, 0.29) is 22.9 Å². The SMILES string of the molecule is CC(C)NC(=O)c1cc2ccc(OC(=O)c3ccccc3I)cc2oc1=O. The lowest BCUT2D eigenvalue weighted by molar-refractivity contribution is 0.0733. The summed E-state index contributed by atoms with van der Waals surface area (Å²) in [6.07, 6.45) is 0. The van der Waals surface area contributed by atoms with Gasteiger partial charge in [-0.2, -0.15) is 0 Å². The lowest BCUT2D eigenvalue weighted by Gasteiger charge is -2.09. The Kier molecular flexibility index (Phi) is 5.59. The number of benzene rings is 2. The molecule has 1 amide bonds. The molecule has 7 heteroatoms. The van der Waals surface area contributed by atoms with Gasteiger partial charge in [0.25, 0.3) is 5.91 Å². The van der Waals surface area contributed by atoms with E-state index in [4.69, 9.17) is 9.15 Å². The minimum absolute atomic E-state index is 0.0696. The molecule has 0 saturated carbocycles. The van der Waals surface area contributed by atoms with Gasteiger partial charge in [-0.1, -0.05) is 12.1 Å². The third kappa shape index (κ3) is 4.36. The van der Waals surface area contributed by atoms with Crippen molar-refractivity contribution in [3.8, 4) is 5.75 Å². The minimum Gasteiger partial charge on any atom is -0.423 e. The van der Waals surface area contributed by atoms with Crippen LogP contribution in [0.3, 0.4) is 0 Å². The van der Waals surface area contributed by atoms with E-state index in [1.165, 1.54) is 12.1 Å². The summed E-state index contributed by atoms with van der Waals surface area (Å²) in [7, 11) is 0. The summed E-state index contributed by atoms with van der Waals surface area (Å²) in [6, 6.07) is 13.1. The number of nitrogens with one attached hydrogen (secondary N) is 1. The van der Waals surface area contributed by atoms with Crippen molar-refractivity contribution >= 4 is 45.4 Å². The molecule has 0 bridgehead atoms. The van der Waals surface area contributed by atoms with Crippen LogP contribution in [0.1, 0.15) is 34.6 Å². The number of fused-ring (bicyclic) bond motifs is 1. The van der Waals surface area contributed by atoms with Crippen LogP contribution >= 0.6 is 22.6 Å². The molecule has 0 unspecified atom stereocenters. The highest BCUT2D eigenvalue weighted by Crippen LogP contribution is 2.22. The number of hydrogen-bond acceptors (Lipinski definition) is 5. The molecule has 0 spiro atoms. The first kappa shape index (κ1) is 19.1. The second-order valence-corrected chi connectivity index (χ2v) is 7.31. The van der Waals surface area contributed by atoms with Gasteiger partial charge < -0.3 is 14.5 Å². The van der Waals surface area contributed by atoms with E-state index in [0.717, 1.165) is 3.57 Å². The molecule has 0 aliphatic carbocycles. The van der Waals surface area contributed by atoms with Crippen molar-refractivity contribution in [1.82, 2.24) is 5.32 Å². The lowest BCUT2D eigenvalue weighted by Crippen LogP contribution is -2.33. The predicted molar refractivity (Wildman–Crippen MR) is 109 cm³/mol. The highest BCUT2D eigenvalue weighted by atomic mass is 127. The Bertz CT molecular complexity index is 1090. The van der Waals surface area contributed by atoms with Gasteiger partial charge in [-0.05, 0) is 66.8 Å². The number of amides is 1.